The number of nitrogens with one attached hydrogen (secondary N) is 1. The number of aryl methyl sites for hydroxylation is 2. The lowest BCUT2D eigenvalue weighted by Crippen LogP contribution is -2.35. The first-order chi connectivity index (χ1) is 8.08. The molecule has 0 radical (unpaired) electrons. The van der Waals surface area contributed by atoms with Crippen LogP contribution >= 0.6 is 11.8 Å². The average Bonchev–Trinajstić information content (AvgIpc) is 2.29. The van der Waals surface area contributed by atoms with Crippen LogP contribution in [0.3, 0.4) is 0 Å². The van der Waals surface area contributed by atoms with Gasteiger partial charge in [0.05, 0.1) is 0 Å². The summed E-state index contributed by atoms with van der Waals surface area (Å²) < 4.78 is 0. The third-order valence-electron chi connectivity index (χ3n) is 3.12. The first-order valence-electron chi connectivity index (χ1n) is 6.55. The molecule has 0 spiro atoms. The number of rotatable bonds is 6. The Balaban J connectivity index is 2.69. The van der Waals surface area contributed by atoms with Crippen molar-refractivity contribution >= 4 is 11.8 Å². The van der Waals surface area contributed by atoms with Crippen molar-refractivity contribution < 1.29 is 0 Å². The van der Waals surface area contributed by atoms with Crippen molar-refractivity contribution in [3.63, 3.8) is 0 Å². The van der Waals surface area contributed by atoms with Gasteiger partial charge in [0.2, 0.25) is 0 Å². The maximum atomic E-state index is 3.56. The molecule has 0 bridgehead atoms. The molecule has 0 saturated heterocycles. The van der Waals surface area contributed by atoms with Crippen LogP contribution in [0.25, 0.3) is 0 Å². The summed E-state index contributed by atoms with van der Waals surface area (Å²) in [6.07, 6.45) is 1.19. The summed E-state index contributed by atoms with van der Waals surface area (Å²) in [5.41, 5.74) is 2.74. The first-order valence-corrected chi connectivity index (χ1v) is 7.43. The Morgan fingerprint density at radius 3 is 2.47 bits per heavy atom. The van der Waals surface area contributed by atoms with Gasteiger partial charge in [0.1, 0.15) is 0 Å². The van der Waals surface area contributed by atoms with E-state index in [2.05, 4.69) is 58.1 Å². The van der Waals surface area contributed by atoms with E-state index in [1.54, 1.807) is 0 Å². The van der Waals surface area contributed by atoms with Gasteiger partial charge in [-0.05, 0) is 38.4 Å². The molecule has 0 aliphatic heterocycles. The second-order valence-corrected chi connectivity index (χ2v) is 6.08. The Bertz CT molecular complexity index is 349. The van der Waals surface area contributed by atoms with E-state index < -0.39 is 0 Å². The zero-order valence-electron chi connectivity index (χ0n) is 11.7. The minimum absolute atomic E-state index is 0.603. The summed E-state index contributed by atoms with van der Waals surface area (Å²) in [7, 11) is 0. The molecule has 1 N–H and O–H groups in total. The molecule has 0 aromatic heterocycles. The van der Waals surface area contributed by atoms with Gasteiger partial charge in [0, 0.05) is 16.2 Å². The van der Waals surface area contributed by atoms with Crippen LogP contribution < -0.4 is 5.32 Å². The van der Waals surface area contributed by atoms with Crippen LogP contribution in [-0.4, -0.2) is 17.8 Å². The molecule has 0 aliphatic carbocycles. The maximum absolute atomic E-state index is 3.56. The van der Waals surface area contributed by atoms with Crippen molar-refractivity contribution in [1.82, 2.24) is 5.32 Å². The van der Waals surface area contributed by atoms with Crippen LogP contribution in [0.5, 0.6) is 0 Å². The van der Waals surface area contributed by atoms with Gasteiger partial charge < -0.3 is 5.32 Å². The van der Waals surface area contributed by atoms with Gasteiger partial charge in [0.25, 0.3) is 0 Å². The zero-order valence-corrected chi connectivity index (χ0v) is 12.5. The van der Waals surface area contributed by atoms with E-state index in [4.69, 9.17) is 0 Å². The standard InChI is InChI=1S/C15H25NS/c1-6-14(16-7-2)13(5)17-15-9-8-11(3)10-12(15)4/h8-10,13-14,16H,6-7H2,1-5H3. The molecule has 1 aromatic rings. The molecular weight excluding hydrogens is 226 g/mol. The van der Waals surface area contributed by atoms with Gasteiger partial charge in [-0.1, -0.05) is 38.5 Å². The predicted octanol–water partition coefficient (Wildman–Crippen LogP) is 4.17. The van der Waals surface area contributed by atoms with Crippen molar-refractivity contribution in [3.05, 3.63) is 29.3 Å². The van der Waals surface area contributed by atoms with Gasteiger partial charge in [-0.25, -0.2) is 0 Å². The van der Waals surface area contributed by atoms with Gasteiger partial charge in [-0.3, -0.25) is 0 Å². The summed E-state index contributed by atoms with van der Waals surface area (Å²) in [5, 5.41) is 4.17. The normalized spacial score (nSPS) is 14.6. The largest absolute Gasteiger partial charge is 0.313 e. The van der Waals surface area contributed by atoms with E-state index in [9.17, 15) is 0 Å². The molecule has 0 saturated carbocycles. The van der Waals surface area contributed by atoms with Crippen molar-refractivity contribution in [2.24, 2.45) is 0 Å². The van der Waals surface area contributed by atoms with Gasteiger partial charge in [-0.15, -0.1) is 11.8 Å². The monoisotopic (exact) mass is 251 g/mol. The van der Waals surface area contributed by atoms with Crippen LogP contribution in [0.2, 0.25) is 0 Å². The first kappa shape index (κ1) is 14.6. The van der Waals surface area contributed by atoms with E-state index in [1.807, 2.05) is 11.8 Å². The highest BCUT2D eigenvalue weighted by Gasteiger charge is 2.16. The number of hydrogen-bond donors (Lipinski definition) is 1. The van der Waals surface area contributed by atoms with Crippen LogP contribution in [0.15, 0.2) is 23.1 Å². The fraction of sp³-hybridized carbons (Fsp3) is 0.600. The molecule has 2 heteroatoms. The molecule has 2 unspecified atom stereocenters. The van der Waals surface area contributed by atoms with Crippen LogP contribution in [0.1, 0.15) is 38.3 Å². The molecular formula is C15H25NS. The third kappa shape index (κ3) is 4.36. The summed E-state index contributed by atoms with van der Waals surface area (Å²) in [6.45, 7) is 12.2. The molecule has 96 valence electrons. The lowest BCUT2D eigenvalue weighted by Gasteiger charge is -2.23. The highest BCUT2D eigenvalue weighted by Crippen LogP contribution is 2.29. The summed E-state index contributed by atoms with van der Waals surface area (Å²) in [6, 6.07) is 7.33. The predicted molar refractivity (Wildman–Crippen MR) is 79.0 cm³/mol. The van der Waals surface area contributed by atoms with E-state index in [-0.39, 0.29) is 0 Å². The van der Waals surface area contributed by atoms with Gasteiger partial charge in [0.15, 0.2) is 0 Å². The highest BCUT2D eigenvalue weighted by molar-refractivity contribution is 8.00. The van der Waals surface area contributed by atoms with E-state index in [0.717, 1.165) is 6.54 Å². The molecule has 1 aromatic carbocycles. The second kappa shape index (κ2) is 7.07. The molecule has 1 rings (SSSR count). The summed E-state index contributed by atoms with van der Waals surface area (Å²) >= 11 is 1.99. The molecule has 0 heterocycles. The van der Waals surface area contributed by atoms with Gasteiger partial charge >= 0.3 is 0 Å². The fourth-order valence-electron chi connectivity index (χ4n) is 2.12. The fourth-order valence-corrected chi connectivity index (χ4v) is 3.36. The third-order valence-corrected chi connectivity index (χ3v) is 4.53. The molecule has 2 atom stereocenters. The van der Waals surface area contributed by atoms with E-state index in [1.165, 1.54) is 22.4 Å². The van der Waals surface area contributed by atoms with Crippen LogP contribution in [0.4, 0.5) is 0 Å². The van der Waals surface area contributed by atoms with Crippen molar-refractivity contribution in [2.45, 2.75) is 57.2 Å². The second-order valence-electron chi connectivity index (χ2n) is 4.66. The molecule has 0 aliphatic rings. The number of benzene rings is 1. The SMILES string of the molecule is CCNC(CC)C(C)Sc1ccc(C)cc1C. The minimum atomic E-state index is 0.603. The molecule has 1 nitrogen and oxygen atoms in total. The minimum Gasteiger partial charge on any atom is -0.313 e. The van der Waals surface area contributed by atoms with E-state index in [0.29, 0.717) is 11.3 Å². The Labute approximate surface area is 110 Å². The highest BCUT2D eigenvalue weighted by atomic mass is 32.2. The van der Waals surface area contributed by atoms with Crippen LogP contribution in [0, 0.1) is 13.8 Å². The maximum Gasteiger partial charge on any atom is 0.0220 e. The van der Waals surface area contributed by atoms with Crippen molar-refractivity contribution in [3.8, 4) is 0 Å². The number of thioether (sulfide) groups is 1. The molecule has 0 amide bonds. The zero-order chi connectivity index (χ0) is 12.8. The molecule has 17 heavy (non-hydrogen) atoms. The Kier molecular flexibility index (Phi) is 6.07. The lowest BCUT2D eigenvalue weighted by atomic mass is 10.1. The lowest BCUT2D eigenvalue weighted by molar-refractivity contribution is 0.509. The molecule has 0 fully saturated rings. The van der Waals surface area contributed by atoms with E-state index >= 15 is 0 Å². The van der Waals surface area contributed by atoms with Gasteiger partial charge in [-0.2, -0.15) is 0 Å². The van der Waals surface area contributed by atoms with Crippen LogP contribution in [-0.2, 0) is 0 Å². The topological polar surface area (TPSA) is 12.0 Å². The quantitative estimate of drug-likeness (QED) is 0.762. The number of hydrogen-bond acceptors (Lipinski definition) is 2. The Hall–Kier alpha value is -0.470. The van der Waals surface area contributed by atoms with Crippen molar-refractivity contribution in [2.75, 3.05) is 6.54 Å². The smallest absolute Gasteiger partial charge is 0.0220 e. The van der Waals surface area contributed by atoms with Crippen molar-refractivity contribution in [1.29, 1.82) is 0 Å². The Morgan fingerprint density at radius 1 is 1.24 bits per heavy atom. The Morgan fingerprint density at radius 2 is 1.94 bits per heavy atom. The average molecular weight is 251 g/mol. The summed E-state index contributed by atoms with van der Waals surface area (Å²) in [5.74, 6) is 0. The summed E-state index contributed by atoms with van der Waals surface area (Å²) in [4.78, 5) is 1.42.